The number of hydrogen-bond donors (Lipinski definition) is 0. The van der Waals surface area contributed by atoms with Gasteiger partial charge in [-0.2, -0.15) is 5.10 Å². The first kappa shape index (κ1) is 17.2. The molecule has 2 aliphatic rings. The molecule has 0 spiro atoms. The highest BCUT2D eigenvalue weighted by atomic mass is 35.5. The van der Waals surface area contributed by atoms with Crippen molar-refractivity contribution in [1.29, 1.82) is 0 Å². The molecule has 0 bridgehead atoms. The van der Waals surface area contributed by atoms with Crippen LogP contribution in [0, 0.1) is 6.92 Å². The van der Waals surface area contributed by atoms with Crippen LogP contribution in [0.15, 0.2) is 64.1 Å². The molecule has 142 valence electrons. The van der Waals surface area contributed by atoms with Gasteiger partial charge in [-0.3, -0.25) is 0 Å². The van der Waals surface area contributed by atoms with Crippen LogP contribution in [-0.2, 0) is 0 Å². The van der Waals surface area contributed by atoms with Gasteiger partial charge >= 0.3 is 0 Å². The fourth-order valence-electron chi connectivity index (χ4n) is 3.79. The van der Waals surface area contributed by atoms with Gasteiger partial charge in [-0.1, -0.05) is 11.6 Å². The van der Waals surface area contributed by atoms with Crippen LogP contribution in [0.2, 0.25) is 5.02 Å². The summed E-state index contributed by atoms with van der Waals surface area (Å²) in [5, 5.41) is 7.57. The third-order valence-corrected chi connectivity index (χ3v) is 5.41. The third kappa shape index (κ3) is 2.83. The molecule has 5 rings (SSSR count). The summed E-state index contributed by atoms with van der Waals surface area (Å²) in [6.07, 6.45) is 0.397. The first-order chi connectivity index (χ1) is 13.6. The molecule has 0 aliphatic carbocycles. The fraction of sp³-hybridized carbons (Fsp3) is 0.227. The lowest BCUT2D eigenvalue weighted by Crippen LogP contribution is -2.33. The highest BCUT2D eigenvalue weighted by Gasteiger charge is 2.41. The number of methoxy groups -OCH3 is 1. The lowest BCUT2D eigenvalue weighted by atomic mass is 9.97. The summed E-state index contributed by atoms with van der Waals surface area (Å²) in [7, 11) is 1.66. The fourth-order valence-corrected chi connectivity index (χ4v) is 3.97. The van der Waals surface area contributed by atoms with Crippen LogP contribution in [-0.4, -0.2) is 17.8 Å². The van der Waals surface area contributed by atoms with Crippen molar-refractivity contribution >= 4 is 17.3 Å². The Labute approximate surface area is 168 Å². The van der Waals surface area contributed by atoms with Crippen molar-refractivity contribution in [2.24, 2.45) is 5.10 Å². The van der Waals surface area contributed by atoms with Crippen LogP contribution in [0.1, 0.15) is 41.3 Å². The summed E-state index contributed by atoms with van der Waals surface area (Å²) in [4.78, 5) is 0. The topological polar surface area (TPSA) is 47.2 Å². The maximum atomic E-state index is 6.34. The Balaban J connectivity index is 1.58. The van der Waals surface area contributed by atoms with E-state index < -0.39 is 0 Å². The van der Waals surface area contributed by atoms with Gasteiger partial charge in [0.1, 0.15) is 28.7 Å². The molecular formula is C22H19ClN2O3. The zero-order valence-electron chi connectivity index (χ0n) is 15.6. The molecule has 0 saturated heterocycles. The molecule has 28 heavy (non-hydrogen) atoms. The minimum atomic E-state index is -0.335. The number of aryl methyl sites for hydroxylation is 1. The summed E-state index contributed by atoms with van der Waals surface area (Å²) in [6.45, 7) is 1.94. The molecule has 2 aromatic carbocycles. The van der Waals surface area contributed by atoms with Crippen LogP contribution < -0.4 is 9.47 Å². The molecule has 0 radical (unpaired) electrons. The van der Waals surface area contributed by atoms with E-state index in [9.17, 15) is 0 Å². The Morgan fingerprint density at radius 2 is 1.93 bits per heavy atom. The summed E-state index contributed by atoms with van der Waals surface area (Å²) in [6, 6.07) is 17.6. The molecule has 0 amide bonds. The van der Waals surface area contributed by atoms with Crippen LogP contribution in [0.25, 0.3) is 0 Å². The minimum absolute atomic E-state index is 0.0370. The van der Waals surface area contributed by atoms with Gasteiger partial charge in [0, 0.05) is 22.6 Å². The van der Waals surface area contributed by atoms with E-state index in [1.54, 1.807) is 7.11 Å². The molecule has 0 saturated carbocycles. The first-order valence-electron chi connectivity index (χ1n) is 9.15. The standard InChI is InChI=1S/C22H19ClN2O3/c1-13-3-9-21(27-13)18-12-19-17-11-15(23)6-10-20(17)28-22(25(19)24-18)14-4-7-16(26-2)8-5-14/h3-11,19,22H,12H2,1-2H3/t19-,22-/m1/s1. The van der Waals surface area contributed by atoms with Gasteiger partial charge in [0.05, 0.1) is 13.2 Å². The van der Waals surface area contributed by atoms with Gasteiger partial charge in [0.25, 0.3) is 0 Å². The minimum Gasteiger partial charge on any atom is -0.497 e. The number of halogens is 1. The van der Waals surface area contributed by atoms with E-state index in [0.717, 1.165) is 46.3 Å². The quantitative estimate of drug-likeness (QED) is 0.589. The number of hydrazone groups is 1. The maximum absolute atomic E-state index is 6.34. The second kappa shape index (κ2) is 6.60. The van der Waals surface area contributed by atoms with E-state index in [2.05, 4.69) is 0 Å². The summed E-state index contributed by atoms with van der Waals surface area (Å²) in [5.41, 5.74) is 2.96. The van der Waals surface area contributed by atoms with Crippen LogP contribution in [0.3, 0.4) is 0 Å². The Morgan fingerprint density at radius 3 is 2.64 bits per heavy atom. The van der Waals surface area contributed by atoms with Crippen molar-refractivity contribution in [1.82, 2.24) is 5.01 Å². The molecule has 6 heteroatoms. The Hall–Kier alpha value is -2.92. The molecule has 2 atom stereocenters. The maximum Gasteiger partial charge on any atom is 0.213 e. The number of furan rings is 1. The average Bonchev–Trinajstić information content (AvgIpc) is 3.34. The lowest BCUT2D eigenvalue weighted by molar-refractivity contribution is -0.0190. The molecular weight excluding hydrogens is 376 g/mol. The predicted octanol–water partition coefficient (Wildman–Crippen LogP) is 5.49. The number of fused-ring (bicyclic) bond motifs is 3. The second-order valence-corrected chi connectivity index (χ2v) is 7.42. The Bertz CT molecular complexity index is 1060. The third-order valence-electron chi connectivity index (χ3n) is 5.18. The largest absolute Gasteiger partial charge is 0.497 e. The molecule has 3 aromatic rings. The van der Waals surface area contributed by atoms with Crippen molar-refractivity contribution in [3.63, 3.8) is 0 Å². The molecule has 0 fully saturated rings. The van der Waals surface area contributed by atoms with Gasteiger partial charge in [-0.25, -0.2) is 5.01 Å². The van der Waals surface area contributed by atoms with Crippen LogP contribution >= 0.6 is 11.6 Å². The van der Waals surface area contributed by atoms with Gasteiger partial charge < -0.3 is 13.9 Å². The molecule has 2 aliphatic heterocycles. The van der Waals surface area contributed by atoms with Gasteiger partial charge in [-0.15, -0.1) is 0 Å². The van der Waals surface area contributed by atoms with Gasteiger partial charge in [-0.05, 0) is 61.5 Å². The van der Waals surface area contributed by atoms with E-state index in [1.807, 2.05) is 66.5 Å². The number of rotatable bonds is 3. The van der Waals surface area contributed by atoms with Crippen molar-refractivity contribution in [2.45, 2.75) is 25.6 Å². The SMILES string of the molecule is COc1ccc([C@H]2Oc3ccc(Cl)cc3[C@H]3CC(c4ccc(C)o4)=NN32)cc1. The Morgan fingerprint density at radius 1 is 1.11 bits per heavy atom. The Kier molecular flexibility index (Phi) is 4.05. The highest BCUT2D eigenvalue weighted by molar-refractivity contribution is 6.30. The van der Waals surface area contributed by atoms with E-state index in [4.69, 9.17) is 30.6 Å². The van der Waals surface area contributed by atoms with Crippen molar-refractivity contribution < 1.29 is 13.9 Å². The zero-order chi connectivity index (χ0) is 19.3. The monoisotopic (exact) mass is 394 g/mol. The van der Waals surface area contributed by atoms with E-state index in [1.165, 1.54) is 0 Å². The first-order valence-corrected chi connectivity index (χ1v) is 9.53. The number of hydrogen-bond acceptors (Lipinski definition) is 5. The molecule has 5 nitrogen and oxygen atoms in total. The van der Waals surface area contributed by atoms with Crippen molar-refractivity contribution in [2.75, 3.05) is 7.11 Å². The summed E-state index contributed by atoms with van der Waals surface area (Å²) >= 11 is 6.27. The highest BCUT2D eigenvalue weighted by Crippen LogP contribution is 2.48. The van der Waals surface area contributed by atoms with Crippen LogP contribution in [0.4, 0.5) is 0 Å². The van der Waals surface area contributed by atoms with Gasteiger partial charge in [0.2, 0.25) is 6.23 Å². The van der Waals surface area contributed by atoms with E-state index in [0.29, 0.717) is 5.02 Å². The predicted molar refractivity (Wildman–Crippen MR) is 107 cm³/mol. The summed E-state index contributed by atoms with van der Waals surface area (Å²) in [5.74, 6) is 3.30. The lowest BCUT2D eigenvalue weighted by Gasteiger charge is -2.38. The summed E-state index contributed by atoms with van der Waals surface area (Å²) < 4.78 is 17.4. The molecule has 3 heterocycles. The van der Waals surface area contributed by atoms with Crippen molar-refractivity contribution in [3.05, 3.63) is 82.3 Å². The average molecular weight is 395 g/mol. The zero-order valence-corrected chi connectivity index (χ0v) is 16.3. The second-order valence-electron chi connectivity index (χ2n) is 6.98. The molecule has 0 N–H and O–H groups in total. The normalized spacial score (nSPS) is 20.2. The van der Waals surface area contributed by atoms with Crippen molar-refractivity contribution in [3.8, 4) is 11.5 Å². The van der Waals surface area contributed by atoms with Crippen LogP contribution in [0.5, 0.6) is 11.5 Å². The molecule has 1 aromatic heterocycles. The van der Waals surface area contributed by atoms with E-state index >= 15 is 0 Å². The van der Waals surface area contributed by atoms with E-state index in [-0.39, 0.29) is 12.3 Å². The number of nitrogens with zero attached hydrogens (tertiary/aromatic N) is 2. The van der Waals surface area contributed by atoms with Gasteiger partial charge in [0.15, 0.2) is 0 Å². The smallest absolute Gasteiger partial charge is 0.213 e. The number of ether oxygens (including phenoxy) is 2. The number of benzene rings is 2. The molecule has 0 unspecified atom stereocenters.